The van der Waals surface area contributed by atoms with Crippen LogP contribution in [0.15, 0.2) is 18.6 Å². The van der Waals surface area contributed by atoms with Crippen LogP contribution in [-0.4, -0.2) is 86.9 Å². The summed E-state index contributed by atoms with van der Waals surface area (Å²) in [5.74, 6) is -3.52. The van der Waals surface area contributed by atoms with E-state index in [0.29, 0.717) is 25.8 Å². The molecule has 5 atom stereocenters. The topological polar surface area (TPSA) is 180 Å². The number of carbonyl (C=O) groups is 6. The monoisotopic (exact) mass is 681 g/mol. The van der Waals surface area contributed by atoms with Crippen LogP contribution in [0.1, 0.15) is 116 Å². The number of amides is 5. The van der Waals surface area contributed by atoms with Gasteiger partial charge in [-0.3, -0.25) is 33.8 Å². The minimum Gasteiger partial charge on any atom is -0.347 e. The maximum atomic E-state index is 14.5. The molecule has 270 valence electrons. The van der Waals surface area contributed by atoms with Crippen LogP contribution in [0.25, 0.3) is 0 Å². The second-order valence-electron chi connectivity index (χ2n) is 15.4. The van der Waals surface area contributed by atoms with E-state index in [-0.39, 0.29) is 29.5 Å². The van der Waals surface area contributed by atoms with Crippen molar-refractivity contribution >= 4 is 35.3 Å². The van der Waals surface area contributed by atoms with Crippen molar-refractivity contribution < 1.29 is 28.8 Å². The SMILES string of the molecule is CCC[C@H](NC(=O)[C@@H]1[C@@H](C(C)C)CCN1C(=O)[C@H](NC(=O)[C@H](NC(=O)c1cnccn1)C1CCCCC1)C(C)(C)C)C(=O)C(=O)NC1CC1. The van der Waals surface area contributed by atoms with E-state index in [0.717, 1.165) is 44.9 Å². The Balaban J connectivity index is 1.56. The number of nitrogens with zero attached hydrogens (tertiary/aromatic N) is 3. The van der Waals surface area contributed by atoms with Crippen LogP contribution in [0.2, 0.25) is 0 Å². The third-order valence-electron chi connectivity index (χ3n) is 10.1. The molecule has 2 saturated carbocycles. The first-order valence-electron chi connectivity index (χ1n) is 18.1. The molecule has 1 aliphatic heterocycles. The van der Waals surface area contributed by atoms with Gasteiger partial charge in [-0.2, -0.15) is 0 Å². The largest absolute Gasteiger partial charge is 0.347 e. The van der Waals surface area contributed by atoms with Gasteiger partial charge in [-0.15, -0.1) is 0 Å². The van der Waals surface area contributed by atoms with Crippen molar-refractivity contribution in [3.8, 4) is 0 Å². The van der Waals surface area contributed by atoms with Crippen molar-refractivity contribution in [2.45, 2.75) is 136 Å². The lowest BCUT2D eigenvalue weighted by molar-refractivity contribution is -0.146. The molecule has 3 fully saturated rings. The molecule has 0 unspecified atom stereocenters. The van der Waals surface area contributed by atoms with E-state index in [1.54, 1.807) is 0 Å². The molecular formula is C36H55N7O6. The molecule has 3 aliphatic rings. The Morgan fingerprint density at radius 2 is 1.61 bits per heavy atom. The summed E-state index contributed by atoms with van der Waals surface area (Å²) in [6.07, 6.45) is 11.7. The maximum absolute atomic E-state index is 14.5. The van der Waals surface area contributed by atoms with E-state index < -0.39 is 64.9 Å². The predicted molar refractivity (Wildman–Crippen MR) is 183 cm³/mol. The molecule has 4 rings (SSSR count). The van der Waals surface area contributed by atoms with Crippen LogP contribution < -0.4 is 21.3 Å². The van der Waals surface area contributed by atoms with Crippen molar-refractivity contribution in [1.29, 1.82) is 0 Å². The lowest BCUT2D eigenvalue weighted by Gasteiger charge is -2.38. The minimum absolute atomic E-state index is 0.00489. The lowest BCUT2D eigenvalue weighted by Crippen LogP contribution is -2.62. The molecule has 13 nitrogen and oxygen atoms in total. The molecule has 1 aromatic rings. The van der Waals surface area contributed by atoms with Gasteiger partial charge in [-0.25, -0.2) is 4.98 Å². The highest BCUT2D eigenvalue weighted by Gasteiger charge is 2.48. The van der Waals surface area contributed by atoms with Gasteiger partial charge >= 0.3 is 0 Å². The Morgan fingerprint density at radius 3 is 2.18 bits per heavy atom. The van der Waals surface area contributed by atoms with Crippen LogP contribution in [0, 0.1) is 23.2 Å². The summed E-state index contributed by atoms with van der Waals surface area (Å²) in [5, 5.41) is 11.4. The fraction of sp³-hybridized carbons (Fsp3) is 0.722. The maximum Gasteiger partial charge on any atom is 0.289 e. The summed E-state index contributed by atoms with van der Waals surface area (Å²) < 4.78 is 0. The van der Waals surface area contributed by atoms with E-state index in [2.05, 4.69) is 31.2 Å². The van der Waals surface area contributed by atoms with Crippen LogP contribution in [0.3, 0.4) is 0 Å². The third kappa shape index (κ3) is 9.85. The van der Waals surface area contributed by atoms with Crippen molar-refractivity contribution in [1.82, 2.24) is 36.1 Å². The summed E-state index contributed by atoms with van der Waals surface area (Å²) in [7, 11) is 0. The summed E-state index contributed by atoms with van der Waals surface area (Å²) in [6, 6.07) is -3.80. The standard InChI is InChI=1S/C36H55N7O6/c1-7-11-25(29(44)34(48)39-23-14-15-23)40-33(47)28-24(21(2)3)16-19-43(28)35(49)30(36(4,5)6)42-32(46)27(22-12-9-8-10-13-22)41-31(45)26-20-37-17-18-38-26/h17-18,20-25,27-28,30H,7-16,19H2,1-6H3,(H,39,48)(H,40,47)(H,41,45)(H,42,46)/t24-,25+,27-,28+,30+/m1/s1. The molecule has 2 aliphatic carbocycles. The summed E-state index contributed by atoms with van der Waals surface area (Å²) in [5.41, 5.74) is -0.660. The number of carbonyl (C=O) groups excluding carboxylic acids is 6. The minimum atomic E-state index is -1.02. The molecule has 2 heterocycles. The van der Waals surface area contributed by atoms with Gasteiger partial charge in [0.25, 0.3) is 11.8 Å². The molecule has 0 bridgehead atoms. The van der Waals surface area contributed by atoms with Crippen LogP contribution in [-0.2, 0) is 24.0 Å². The van der Waals surface area contributed by atoms with Gasteiger partial charge in [-0.1, -0.05) is 67.2 Å². The van der Waals surface area contributed by atoms with Crippen molar-refractivity contribution in [3.05, 3.63) is 24.3 Å². The summed E-state index contributed by atoms with van der Waals surface area (Å²) >= 11 is 0. The highest BCUT2D eigenvalue weighted by molar-refractivity contribution is 6.38. The Bertz CT molecular complexity index is 1350. The smallest absolute Gasteiger partial charge is 0.289 e. The fourth-order valence-electron chi connectivity index (χ4n) is 7.10. The van der Waals surface area contributed by atoms with Gasteiger partial charge in [0.2, 0.25) is 23.5 Å². The normalized spacial score (nSPS) is 21.7. The molecule has 13 heteroatoms. The fourth-order valence-corrected chi connectivity index (χ4v) is 7.10. The van der Waals surface area contributed by atoms with E-state index in [4.69, 9.17) is 0 Å². The van der Waals surface area contributed by atoms with Gasteiger partial charge in [-0.05, 0) is 61.7 Å². The number of likely N-dealkylation sites (tertiary alicyclic amines) is 1. The molecule has 0 spiro atoms. The van der Waals surface area contributed by atoms with Gasteiger partial charge in [0.1, 0.15) is 23.8 Å². The van der Waals surface area contributed by atoms with Gasteiger partial charge in [0.15, 0.2) is 0 Å². The number of ketones is 1. The zero-order chi connectivity index (χ0) is 35.9. The van der Waals surface area contributed by atoms with Gasteiger partial charge in [0, 0.05) is 25.0 Å². The number of nitrogens with one attached hydrogen (secondary N) is 4. The van der Waals surface area contributed by atoms with E-state index in [9.17, 15) is 28.8 Å². The lowest BCUT2D eigenvalue weighted by atomic mass is 9.82. The Kier molecular flexibility index (Phi) is 12.9. The number of hydrogen-bond donors (Lipinski definition) is 4. The number of Topliss-reactive ketones (excluding diaryl/α,β-unsaturated/α-hetero) is 1. The molecular weight excluding hydrogens is 626 g/mol. The van der Waals surface area contributed by atoms with Crippen LogP contribution in [0.5, 0.6) is 0 Å². The first kappa shape index (κ1) is 37.9. The molecule has 0 aromatic carbocycles. The zero-order valence-corrected chi connectivity index (χ0v) is 29.9. The second kappa shape index (κ2) is 16.7. The first-order valence-corrected chi connectivity index (χ1v) is 18.1. The number of rotatable bonds is 14. The Morgan fingerprint density at radius 1 is 0.918 bits per heavy atom. The molecule has 1 aromatic heterocycles. The quantitative estimate of drug-likeness (QED) is 0.217. The number of hydrogen-bond acceptors (Lipinski definition) is 8. The van der Waals surface area contributed by atoms with Crippen LogP contribution >= 0.6 is 0 Å². The summed E-state index contributed by atoms with van der Waals surface area (Å²) in [6.45, 7) is 11.7. The molecule has 49 heavy (non-hydrogen) atoms. The second-order valence-corrected chi connectivity index (χ2v) is 15.4. The Labute approximate surface area is 289 Å². The number of aromatic nitrogens is 2. The van der Waals surface area contributed by atoms with Crippen molar-refractivity contribution in [2.75, 3.05) is 6.54 Å². The van der Waals surface area contributed by atoms with E-state index in [1.165, 1.54) is 23.5 Å². The first-order chi connectivity index (χ1) is 23.2. The van der Waals surface area contributed by atoms with E-state index in [1.807, 2.05) is 41.5 Å². The molecule has 1 saturated heterocycles. The molecule has 4 N–H and O–H groups in total. The zero-order valence-electron chi connectivity index (χ0n) is 29.9. The highest BCUT2D eigenvalue weighted by Crippen LogP contribution is 2.34. The third-order valence-corrected chi connectivity index (χ3v) is 10.1. The predicted octanol–water partition coefficient (Wildman–Crippen LogP) is 2.69. The van der Waals surface area contributed by atoms with E-state index >= 15 is 0 Å². The average molecular weight is 682 g/mol. The van der Waals surface area contributed by atoms with Crippen LogP contribution in [0.4, 0.5) is 0 Å². The van der Waals surface area contributed by atoms with Crippen molar-refractivity contribution in [3.63, 3.8) is 0 Å². The van der Waals surface area contributed by atoms with Gasteiger partial charge in [0.05, 0.1) is 12.2 Å². The molecule has 5 amide bonds. The van der Waals surface area contributed by atoms with Gasteiger partial charge < -0.3 is 26.2 Å². The Hall–Kier alpha value is -3.90. The summed E-state index contributed by atoms with van der Waals surface area (Å²) in [4.78, 5) is 91.2. The molecule has 0 radical (unpaired) electrons. The van der Waals surface area contributed by atoms with Crippen molar-refractivity contribution in [2.24, 2.45) is 23.2 Å². The average Bonchev–Trinajstić information content (AvgIpc) is 3.77. The highest BCUT2D eigenvalue weighted by atomic mass is 16.2.